The van der Waals surface area contributed by atoms with Crippen molar-refractivity contribution in [3.63, 3.8) is 0 Å². The van der Waals surface area contributed by atoms with Crippen LogP contribution in [-0.2, 0) is 19.3 Å². The van der Waals surface area contributed by atoms with Gasteiger partial charge in [0.05, 0.1) is 12.1 Å². The topological polar surface area (TPSA) is 67.2 Å². The molecule has 0 saturated heterocycles. The van der Waals surface area contributed by atoms with Gasteiger partial charge in [-0.05, 0) is 24.1 Å². The van der Waals surface area contributed by atoms with Gasteiger partial charge in [-0.1, -0.05) is 31.9 Å². The van der Waals surface area contributed by atoms with Crippen LogP contribution in [-0.4, -0.2) is 39.6 Å². The average molecular weight is 408 g/mol. The highest BCUT2D eigenvalue weighted by molar-refractivity contribution is 5.98. The molecule has 0 bridgehead atoms. The summed E-state index contributed by atoms with van der Waals surface area (Å²) in [6.07, 6.45) is -1.49. The van der Waals surface area contributed by atoms with Crippen LogP contribution in [0.3, 0.4) is 0 Å². The van der Waals surface area contributed by atoms with Gasteiger partial charge in [-0.3, -0.25) is 14.3 Å². The fourth-order valence-corrected chi connectivity index (χ4v) is 3.23. The maximum Gasteiger partial charge on any atom is 0.416 e. The van der Waals surface area contributed by atoms with Crippen molar-refractivity contribution in [3.8, 4) is 0 Å². The molecule has 156 valence electrons. The van der Waals surface area contributed by atoms with Crippen LogP contribution in [0.15, 0.2) is 30.3 Å². The van der Waals surface area contributed by atoms with Crippen molar-refractivity contribution in [1.29, 1.82) is 0 Å². The molecule has 2 aromatic rings. The Labute approximate surface area is 166 Å². The van der Waals surface area contributed by atoms with E-state index in [1.807, 2.05) is 0 Å². The van der Waals surface area contributed by atoms with Crippen molar-refractivity contribution in [2.24, 2.45) is 0 Å². The maximum atomic E-state index is 12.9. The van der Waals surface area contributed by atoms with Crippen LogP contribution < -0.4 is 5.32 Å². The lowest BCUT2D eigenvalue weighted by atomic mass is 10.1. The van der Waals surface area contributed by atoms with Crippen molar-refractivity contribution < 1.29 is 22.8 Å². The molecule has 0 fully saturated rings. The molecule has 0 saturated carbocycles. The Bertz CT molecular complexity index is 892. The zero-order chi connectivity index (χ0) is 21.0. The SMILES string of the molecule is CCCCCNC(=O)c1cc2n(n1)CCN(Cc1cccc(C(F)(F)F)c1)C2=O. The fraction of sp³-hybridized carbons (Fsp3) is 0.450. The van der Waals surface area contributed by atoms with Crippen LogP contribution in [0.5, 0.6) is 0 Å². The first-order valence-corrected chi connectivity index (χ1v) is 9.61. The molecule has 9 heteroatoms. The van der Waals surface area contributed by atoms with Crippen molar-refractivity contribution in [2.45, 2.75) is 45.5 Å². The number of benzene rings is 1. The van der Waals surface area contributed by atoms with Gasteiger partial charge in [-0.25, -0.2) is 0 Å². The Hall–Kier alpha value is -2.84. The molecule has 3 rings (SSSR count). The van der Waals surface area contributed by atoms with E-state index in [0.717, 1.165) is 31.4 Å². The lowest BCUT2D eigenvalue weighted by Gasteiger charge is -2.27. The Morgan fingerprint density at radius 2 is 2.00 bits per heavy atom. The highest BCUT2D eigenvalue weighted by Crippen LogP contribution is 2.30. The number of unbranched alkanes of at least 4 members (excludes halogenated alkanes) is 2. The second-order valence-electron chi connectivity index (χ2n) is 7.03. The molecular formula is C20H23F3N4O2. The number of carbonyl (C=O) groups excluding carboxylic acids is 2. The zero-order valence-electron chi connectivity index (χ0n) is 16.1. The number of hydrogen-bond acceptors (Lipinski definition) is 3. The Morgan fingerprint density at radius 1 is 1.21 bits per heavy atom. The number of rotatable bonds is 7. The molecule has 1 aliphatic heterocycles. The third-order valence-electron chi connectivity index (χ3n) is 4.79. The summed E-state index contributed by atoms with van der Waals surface area (Å²) >= 11 is 0. The van der Waals surface area contributed by atoms with Gasteiger partial charge in [0.15, 0.2) is 5.69 Å². The number of fused-ring (bicyclic) bond motifs is 1. The minimum Gasteiger partial charge on any atom is -0.351 e. The number of hydrogen-bond donors (Lipinski definition) is 1. The standard InChI is InChI=1S/C20H23F3N4O2/c1-2-3-4-8-24-18(28)16-12-17-19(29)26(9-10-27(17)25-16)13-14-6-5-7-15(11-14)20(21,22)23/h5-7,11-12H,2-4,8-10,13H2,1H3,(H,24,28). The van der Waals surface area contributed by atoms with Gasteiger partial charge in [-0.15, -0.1) is 0 Å². The summed E-state index contributed by atoms with van der Waals surface area (Å²) in [5.74, 6) is -0.688. The second kappa shape index (κ2) is 8.67. The third kappa shape index (κ3) is 4.96. The Balaban J connectivity index is 1.68. The smallest absolute Gasteiger partial charge is 0.351 e. The summed E-state index contributed by atoms with van der Waals surface area (Å²) in [5, 5.41) is 6.98. The van der Waals surface area contributed by atoms with Crippen molar-refractivity contribution in [3.05, 3.63) is 52.8 Å². The fourth-order valence-electron chi connectivity index (χ4n) is 3.23. The molecule has 0 unspecified atom stereocenters. The van der Waals surface area contributed by atoms with Gasteiger partial charge < -0.3 is 10.2 Å². The molecule has 6 nitrogen and oxygen atoms in total. The van der Waals surface area contributed by atoms with Gasteiger partial charge in [0.2, 0.25) is 0 Å². The normalized spacial score (nSPS) is 14.1. The number of aromatic nitrogens is 2. The van der Waals surface area contributed by atoms with Gasteiger partial charge in [0.1, 0.15) is 5.69 Å². The average Bonchev–Trinajstić information content (AvgIpc) is 3.12. The lowest BCUT2D eigenvalue weighted by molar-refractivity contribution is -0.137. The van der Waals surface area contributed by atoms with Crippen LogP contribution in [0, 0.1) is 0 Å². The Kier molecular flexibility index (Phi) is 6.24. The van der Waals surface area contributed by atoms with Crippen LogP contribution in [0.1, 0.15) is 58.3 Å². The summed E-state index contributed by atoms with van der Waals surface area (Å²) in [5.41, 5.74) is 0.0919. The maximum absolute atomic E-state index is 12.9. The number of nitrogens with zero attached hydrogens (tertiary/aromatic N) is 3. The largest absolute Gasteiger partial charge is 0.416 e. The summed E-state index contributed by atoms with van der Waals surface area (Å²) in [6, 6.07) is 6.38. The molecule has 1 aromatic heterocycles. The molecule has 2 amide bonds. The number of carbonyl (C=O) groups is 2. The molecule has 1 aromatic carbocycles. The van der Waals surface area contributed by atoms with E-state index in [1.54, 1.807) is 6.07 Å². The van der Waals surface area contributed by atoms with Crippen molar-refractivity contribution in [2.75, 3.05) is 13.1 Å². The van der Waals surface area contributed by atoms with Gasteiger partial charge in [0, 0.05) is 25.7 Å². The lowest BCUT2D eigenvalue weighted by Crippen LogP contribution is -2.39. The zero-order valence-corrected chi connectivity index (χ0v) is 16.1. The molecule has 0 aliphatic carbocycles. The highest BCUT2D eigenvalue weighted by atomic mass is 19.4. The van der Waals surface area contributed by atoms with E-state index in [1.165, 1.54) is 21.7 Å². The number of amides is 2. The van der Waals surface area contributed by atoms with Crippen molar-refractivity contribution >= 4 is 11.8 Å². The summed E-state index contributed by atoms with van der Waals surface area (Å²) in [4.78, 5) is 26.4. The molecule has 0 atom stereocenters. The number of halogens is 3. The molecule has 2 heterocycles. The predicted octanol–water partition coefficient (Wildman–Crippen LogP) is 3.48. The van der Waals surface area contributed by atoms with E-state index in [2.05, 4.69) is 17.3 Å². The van der Waals surface area contributed by atoms with Gasteiger partial charge >= 0.3 is 6.18 Å². The minimum atomic E-state index is -4.43. The van der Waals surface area contributed by atoms with E-state index in [-0.39, 0.29) is 29.7 Å². The first-order chi connectivity index (χ1) is 13.8. The highest BCUT2D eigenvalue weighted by Gasteiger charge is 2.31. The molecule has 0 spiro atoms. The molecule has 0 radical (unpaired) electrons. The summed E-state index contributed by atoms with van der Waals surface area (Å²) in [7, 11) is 0. The summed E-state index contributed by atoms with van der Waals surface area (Å²) in [6.45, 7) is 3.36. The van der Waals surface area contributed by atoms with Crippen LogP contribution in [0.4, 0.5) is 13.2 Å². The molecule has 1 aliphatic rings. The van der Waals surface area contributed by atoms with Gasteiger partial charge in [0.25, 0.3) is 11.8 Å². The number of alkyl halides is 3. The third-order valence-corrected chi connectivity index (χ3v) is 4.79. The van der Waals surface area contributed by atoms with E-state index in [0.29, 0.717) is 25.2 Å². The molecule has 1 N–H and O–H groups in total. The first kappa shape index (κ1) is 20.9. The number of nitrogens with one attached hydrogen (secondary N) is 1. The van der Waals surface area contributed by atoms with E-state index < -0.39 is 11.7 Å². The molecular weight excluding hydrogens is 385 g/mol. The first-order valence-electron chi connectivity index (χ1n) is 9.61. The van der Waals surface area contributed by atoms with E-state index in [9.17, 15) is 22.8 Å². The van der Waals surface area contributed by atoms with Crippen LogP contribution >= 0.6 is 0 Å². The quantitative estimate of drug-likeness (QED) is 0.714. The van der Waals surface area contributed by atoms with E-state index >= 15 is 0 Å². The second-order valence-corrected chi connectivity index (χ2v) is 7.03. The van der Waals surface area contributed by atoms with Crippen molar-refractivity contribution in [1.82, 2.24) is 20.0 Å². The van der Waals surface area contributed by atoms with E-state index in [4.69, 9.17) is 0 Å². The minimum absolute atomic E-state index is 0.0620. The van der Waals surface area contributed by atoms with Gasteiger partial charge in [-0.2, -0.15) is 18.3 Å². The molecule has 29 heavy (non-hydrogen) atoms. The van der Waals surface area contributed by atoms with Crippen LogP contribution in [0.25, 0.3) is 0 Å². The Morgan fingerprint density at radius 3 is 2.72 bits per heavy atom. The summed E-state index contributed by atoms with van der Waals surface area (Å²) < 4.78 is 40.2. The monoisotopic (exact) mass is 408 g/mol. The van der Waals surface area contributed by atoms with Crippen LogP contribution in [0.2, 0.25) is 0 Å². The predicted molar refractivity (Wildman–Crippen MR) is 100 cm³/mol.